The molecular formula is C26H25N3O6S. The summed E-state index contributed by atoms with van der Waals surface area (Å²) in [5.41, 5.74) is 1.17. The Bertz CT molecular complexity index is 1520. The molecule has 0 N–H and O–H groups in total. The van der Waals surface area contributed by atoms with E-state index in [4.69, 9.17) is 9.47 Å². The van der Waals surface area contributed by atoms with E-state index in [0.717, 1.165) is 24.2 Å². The summed E-state index contributed by atoms with van der Waals surface area (Å²) in [6.45, 7) is 4.38. The van der Waals surface area contributed by atoms with Crippen molar-refractivity contribution in [2.24, 2.45) is 4.99 Å². The van der Waals surface area contributed by atoms with Crippen molar-refractivity contribution in [3.05, 3.63) is 101 Å². The summed E-state index contributed by atoms with van der Waals surface area (Å²) in [5.74, 6) is 0.105. The highest BCUT2D eigenvalue weighted by molar-refractivity contribution is 7.07. The molecule has 4 rings (SSSR count). The van der Waals surface area contributed by atoms with Crippen LogP contribution in [0.25, 0.3) is 6.08 Å². The van der Waals surface area contributed by atoms with Crippen LogP contribution in [0.1, 0.15) is 43.9 Å². The molecule has 9 nitrogen and oxygen atoms in total. The lowest BCUT2D eigenvalue weighted by Crippen LogP contribution is -2.39. The number of carbonyl (C=O) groups is 1. The Morgan fingerprint density at radius 3 is 2.61 bits per heavy atom. The predicted octanol–water partition coefficient (Wildman–Crippen LogP) is 3.50. The van der Waals surface area contributed by atoms with E-state index in [1.165, 1.54) is 23.8 Å². The van der Waals surface area contributed by atoms with Gasteiger partial charge in [0.25, 0.3) is 11.2 Å². The van der Waals surface area contributed by atoms with Crippen molar-refractivity contribution in [3.8, 4) is 5.75 Å². The number of allylic oxidation sites excluding steroid dienone is 1. The van der Waals surface area contributed by atoms with Crippen LogP contribution < -0.4 is 19.6 Å². The number of hydrogen-bond acceptors (Lipinski definition) is 8. The first-order chi connectivity index (χ1) is 17.3. The maximum Gasteiger partial charge on any atom is 0.338 e. The first-order valence-electron chi connectivity index (χ1n) is 11.4. The average Bonchev–Trinajstić information content (AvgIpc) is 3.17. The molecule has 0 saturated carbocycles. The monoisotopic (exact) mass is 507 g/mol. The van der Waals surface area contributed by atoms with Crippen LogP contribution in [0.5, 0.6) is 5.75 Å². The Morgan fingerprint density at radius 1 is 1.22 bits per heavy atom. The number of nitro benzene ring substituents is 1. The van der Waals surface area contributed by atoms with Crippen molar-refractivity contribution >= 4 is 29.1 Å². The highest BCUT2D eigenvalue weighted by Crippen LogP contribution is 2.31. The summed E-state index contributed by atoms with van der Waals surface area (Å²) in [6, 6.07) is 12.7. The van der Waals surface area contributed by atoms with Gasteiger partial charge in [0.1, 0.15) is 5.75 Å². The van der Waals surface area contributed by atoms with Gasteiger partial charge in [0.05, 0.1) is 46.0 Å². The molecule has 186 valence electrons. The molecule has 0 spiro atoms. The van der Waals surface area contributed by atoms with Gasteiger partial charge >= 0.3 is 5.97 Å². The SMILES string of the molecule is CCCCOc1ccc(C2C(C(=O)OC)=C(C)N=c3s/c(=C\c4ccccc4[N+](=O)[O-])c(=O)n32)cc1. The lowest BCUT2D eigenvalue weighted by molar-refractivity contribution is -0.385. The van der Waals surface area contributed by atoms with E-state index in [1.54, 1.807) is 37.3 Å². The second-order valence-corrected chi connectivity index (χ2v) is 9.17. The van der Waals surface area contributed by atoms with Gasteiger partial charge in [-0.25, -0.2) is 9.79 Å². The van der Waals surface area contributed by atoms with Gasteiger partial charge in [0.15, 0.2) is 4.80 Å². The van der Waals surface area contributed by atoms with E-state index in [1.807, 2.05) is 12.1 Å². The lowest BCUT2D eigenvalue weighted by atomic mass is 9.96. The number of aromatic nitrogens is 1. The quantitative estimate of drug-likeness (QED) is 0.200. The van der Waals surface area contributed by atoms with E-state index in [-0.39, 0.29) is 15.8 Å². The van der Waals surface area contributed by atoms with Crippen LogP contribution in [0.15, 0.2) is 69.6 Å². The van der Waals surface area contributed by atoms with Gasteiger partial charge in [0, 0.05) is 6.07 Å². The summed E-state index contributed by atoms with van der Waals surface area (Å²) in [6.07, 6.45) is 3.44. The molecule has 0 amide bonds. The molecule has 36 heavy (non-hydrogen) atoms. The number of thiazole rings is 1. The van der Waals surface area contributed by atoms with Gasteiger partial charge in [-0.2, -0.15) is 0 Å². The van der Waals surface area contributed by atoms with Gasteiger partial charge in [-0.15, -0.1) is 0 Å². The first kappa shape index (κ1) is 25.1. The highest BCUT2D eigenvalue weighted by atomic mass is 32.1. The molecule has 1 unspecified atom stereocenters. The van der Waals surface area contributed by atoms with Gasteiger partial charge in [-0.3, -0.25) is 19.5 Å². The van der Waals surface area contributed by atoms with Crippen molar-refractivity contribution in [2.45, 2.75) is 32.7 Å². The van der Waals surface area contributed by atoms with Crippen LogP contribution in [-0.4, -0.2) is 29.2 Å². The average molecular weight is 508 g/mol. The summed E-state index contributed by atoms with van der Waals surface area (Å²) >= 11 is 1.11. The molecule has 10 heteroatoms. The fourth-order valence-corrected chi connectivity index (χ4v) is 5.04. The molecule has 1 aromatic heterocycles. The zero-order valence-electron chi connectivity index (χ0n) is 20.1. The van der Waals surface area contributed by atoms with Gasteiger partial charge in [-0.1, -0.05) is 48.9 Å². The van der Waals surface area contributed by atoms with Gasteiger partial charge in [-0.05, 0) is 43.2 Å². The summed E-state index contributed by atoms with van der Waals surface area (Å²) < 4.78 is 12.5. The minimum atomic E-state index is -0.772. The normalized spacial score (nSPS) is 15.3. The Morgan fingerprint density at radius 2 is 1.94 bits per heavy atom. The molecule has 0 fully saturated rings. The minimum absolute atomic E-state index is 0.107. The Balaban J connectivity index is 1.87. The predicted molar refractivity (Wildman–Crippen MR) is 136 cm³/mol. The van der Waals surface area contributed by atoms with E-state index in [0.29, 0.717) is 34.0 Å². The Kier molecular flexibility index (Phi) is 7.44. The van der Waals surface area contributed by atoms with Crippen LogP contribution in [0.4, 0.5) is 5.69 Å². The molecule has 1 aliphatic heterocycles. The number of rotatable bonds is 8. The standard InChI is InChI=1S/C26H25N3O6S/c1-4-5-14-35-19-12-10-17(11-13-19)23-22(25(31)34-3)16(2)27-26-28(23)24(30)21(36-26)15-18-8-6-7-9-20(18)29(32)33/h6-13,15,23H,4-5,14H2,1-3H3/b21-15-. The maximum absolute atomic E-state index is 13.6. The largest absolute Gasteiger partial charge is 0.494 e. The zero-order chi connectivity index (χ0) is 25.8. The van der Waals surface area contributed by atoms with Gasteiger partial charge in [0.2, 0.25) is 0 Å². The number of unbranched alkanes of at least 4 members (excludes halogenated alkanes) is 1. The van der Waals surface area contributed by atoms with E-state index >= 15 is 0 Å². The molecule has 0 bridgehead atoms. The smallest absolute Gasteiger partial charge is 0.338 e. The van der Waals surface area contributed by atoms with Crippen LogP contribution in [0, 0.1) is 10.1 Å². The maximum atomic E-state index is 13.6. The zero-order valence-corrected chi connectivity index (χ0v) is 20.9. The van der Waals surface area contributed by atoms with Crippen molar-refractivity contribution in [2.75, 3.05) is 13.7 Å². The number of ether oxygens (including phenoxy) is 2. The molecule has 2 aromatic carbocycles. The number of hydrogen-bond donors (Lipinski definition) is 0. The van der Waals surface area contributed by atoms with Crippen molar-refractivity contribution < 1.29 is 19.2 Å². The molecule has 0 aliphatic carbocycles. The number of esters is 1. The second kappa shape index (κ2) is 10.7. The Hall–Kier alpha value is -4.05. The lowest BCUT2D eigenvalue weighted by Gasteiger charge is -2.24. The number of nitrogens with zero attached hydrogens (tertiary/aromatic N) is 3. The molecule has 0 radical (unpaired) electrons. The molecule has 1 atom stereocenters. The minimum Gasteiger partial charge on any atom is -0.494 e. The fraction of sp³-hybridized carbons (Fsp3) is 0.269. The third-order valence-electron chi connectivity index (χ3n) is 5.81. The van der Waals surface area contributed by atoms with Crippen LogP contribution in [0.2, 0.25) is 0 Å². The summed E-state index contributed by atoms with van der Waals surface area (Å²) in [7, 11) is 1.28. The van der Waals surface area contributed by atoms with Gasteiger partial charge < -0.3 is 9.47 Å². The molecular weight excluding hydrogens is 482 g/mol. The van der Waals surface area contributed by atoms with Crippen molar-refractivity contribution in [1.29, 1.82) is 0 Å². The number of fused-ring (bicyclic) bond motifs is 1. The molecule has 0 saturated heterocycles. The van der Waals surface area contributed by atoms with Crippen LogP contribution >= 0.6 is 11.3 Å². The van der Waals surface area contributed by atoms with E-state index in [9.17, 15) is 19.7 Å². The fourth-order valence-electron chi connectivity index (χ4n) is 4.01. The second-order valence-electron chi connectivity index (χ2n) is 8.16. The topological polar surface area (TPSA) is 113 Å². The number of methoxy groups -OCH3 is 1. The Labute approximate surface area is 210 Å². The number of benzene rings is 2. The van der Waals surface area contributed by atoms with Crippen LogP contribution in [0.3, 0.4) is 0 Å². The number of nitro groups is 1. The summed E-state index contributed by atoms with van der Waals surface area (Å²) in [4.78, 5) is 42.2. The molecule has 1 aliphatic rings. The molecule has 2 heterocycles. The third-order valence-corrected chi connectivity index (χ3v) is 6.79. The third kappa shape index (κ3) is 4.85. The number of para-hydroxylation sites is 1. The molecule has 3 aromatic rings. The van der Waals surface area contributed by atoms with E-state index < -0.39 is 22.5 Å². The highest BCUT2D eigenvalue weighted by Gasteiger charge is 2.33. The summed E-state index contributed by atoms with van der Waals surface area (Å²) in [5, 5.41) is 11.5. The van der Waals surface area contributed by atoms with Crippen molar-refractivity contribution in [3.63, 3.8) is 0 Å². The first-order valence-corrected chi connectivity index (χ1v) is 12.2. The van der Waals surface area contributed by atoms with Crippen LogP contribution in [-0.2, 0) is 9.53 Å². The van der Waals surface area contributed by atoms with E-state index in [2.05, 4.69) is 11.9 Å². The van der Waals surface area contributed by atoms with Crippen molar-refractivity contribution in [1.82, 2.24) is 4.57 Å². The number of carbonyl (C=O) groups excluding carboxylic acids is 1.